The highest BCUT2D eigenvalue weighted by molar-refractivity contribution is 6.04. The van der Waals surface area contributed by atoms with Gasteiger partial charge in [-0.2, -0.15) is 0 Å². The number of nitrogens with zero attached hydrogens (tertiary/aromatic N) is 2. The molecule has 0 aromatic heterocycles. The van der Waals surface area contributed by atoms with Gasteiger partial charge in [0.15, 0.2) is 0 Å². The maximum absolute atomic E-state index is 12.7. The van der Waals surface area contributed by atoms with E-state index in [2.05, 4.69) is 5.32 Å². The van der Waals surface area contributed by atoms with Crippen LogP contribution in [0.4, 0.5) is 17.1 Å². The average Bonchev–Trinajstić information content (AvgIpc) is 3.04. The van der Waals surface area contributed by atoms with Crippen LogP contribution in [0.3, 0.4) is 0 Å². The first-order chi connectivity index (χ1) is 13.3. The Morgan fingerprint density at radius 1 is 1.29 bits per heavy atom. The molecule has 0 saturated carbocycles. The molecule has 1 saturated heterocycles. The SMILES string of the molecule is COc1ccc(C)cc1N1CC(C(=O)Nc2cccc([N+](=O)[O-])c2C)CC1=O. The summed E-state index contributed by atoms with van der Waals surface area (Å²) in [6.07, 6.45) is 0.0664. The standard InChI is InChI=1S/C20H21N3O5/c1-12-7-8-18(28-3)17(9-12)22-11-14(10-19(22)24)20(25)21-15-5-4-6-16(13(15)2)23(26)27/h4-9,14H,10-11H2,1-3H3,(H,21,25). The minimum absolute atomic E-state index is 0.0635. The monoisotopic (exact) mass is 383 g/mol. The third-order valence-electron chi connectivity index (χ3n) is 4.88. The number of carbonyl (C=O) groups excluding carboxylic acids is 2. The van der Waals surface area contributed by atoms with Crippen molar-refractivity contribution in [3.05, 3.63) is 57.6 Å². The topological polar surface area (TPSA) is 102 Å². The van der Waals surface area contributed by atoms with Crippen LogP contribution in [-0.4, -0.2) is 30.4 Å². The van der Waals surface area contributed by atoms with E-state index >= 15 is 0 Å². The molecule has 28 heavy (non-hydrogen) atoms. The number of nitro groups is 1. The molecule has 146 valence electrons. The van der Waals surface area contributed by atoms with Gasteiger partial charge in [-0.3, -0.25) is 19.7 Å². The Morgan fingerprint density at radius 2 is 2.04 bits per heavy atom. The second-order valence-electron chi connectivity index (χ2n) is 6.78. The first kappa shape index (κ1) is 19.3. The van der Waals surface area contributed by atoms with Crippen LogP contribution in [-0.2, 0) is 9.59 Å². The lowest BCUT2D eigenvalue weighted by atomic mass is 10.1. The number of rotatable bonds is 5. The molecule has 3 rings (SSSR count). The summed E-state index contributed by atoms with van der Waals surface area (Å²) in [5.74, 6) is -0.503. The van der Waals surface area contributed by atoms with Gasteiger partial charge in [-0.05, 0) is 37.6 Å². The Kier molecular flexibility index (Phi) is 5.30. The maximum atomic E-state index is 12.7. The minimum Gasteiger partial charge on any atom is -0.495 e. The van der Waals surface area contributed by atoms with Crippen LogP contribution in [0.1, 0.15) is 17.5 Å². The van der Waals surface area contributed by atoms with Crippen molar-refractivity contribution in [2.75, 3.05) is 23.9 Å². The molecule has 1 atom stereocenters. The van der Waals surface area contributed by atoms with Crippen LogP contribution >= 0.6 is 0 Å². The predicted octanol–water partition coefficient (Wildman–Crippen LogP) is 3.21. The molecular formula is C20H21N3O5. The summed E-state index contributed by atoms with van der Waals surface area (Å²) in [5.41, 5.74) is 2.30. The Balaban J connectivity index is 1.79. The van der Waals surface area contributed by atoms with Crippen molar-refractivity contribution in [3.8, 4) is 5.75 Å². The van der Waals surface area contributed by atoms with Crippen molar-refractivity contribution in [1.82, 2.24) is 0 Å². The van der Waals surface area contributed by atoms with Crippen molar-refractivity contribution in [2.24, 2.45) is 5.92 Å². The fourth-order valence-electron chi connectivity index (χ4n) is 3.32. The Labute approximate surface area is 162 Å². The normalized spacial score (nSPS) is 16.2. The van der Waals surface area contributed by atoms with Crippen molar-refractivity contribution in [1.29, 1.82) is 0 Å². The predicted molar refractivity (Wildman–Crippen MR) is 105 cm³/mol. The highest BCUT2D eigenvalue weighted by Crippen LogP contribution is 2.34. The average molecular weight is 383 g/mol. The van der Waals surface area contributed by atoms with Crippen molar-refractivity contribution in [3.63, 3.8) is 0 Å². The molecule has 0 radical (unpaired) electrons. The second-order valence-corrected chi connectivity index (χ2v) is 6.78. The largest absolute Gasteiger partial charge is 0.495 e. The number of nitro benzene ring substituents is 1. The van der Waals surface area contributed by atoms with Gasteiger partial charge >= 0.3 is 0 Å². The summed E-state index contributed by atoms with van der Waals surface area (Å²) in [5, 5.41) is 13.8. The summed E-state index contributed by atoms with van der Waals surface area (Å²) in [6, 6.07) is 10.0. The number of carbonyl (C=O) groups is 2. The second kappa shape index (κ2) is 7.67. The van der Waals surface area contributed by atoms with Gasteiger partial charge in [-0.1, -0.05) is 12.1 Å². The Morgan fingerprint density at radius 3 is 2.71 bits per heavy atom. The molecule has 1 heterocycles. The van der Waals surface area contributed by atoms with E-state index in [-0.39, 0.29) is 30.5 Å². The fraction of sp³-hybridized carbons (Fsp3) is 0.300. The molecule has 8 heteroatoms. The van der Waals surface area contributed by atoms with E-state index in [0.29, 0.717) is 22.7 Å². The van der Waals surface area contributed by atoms with Crippen LogP contribution in [0.15, 0.2) is 36.4 Å². The van der Waals surface area contributed by atoms with E-state index in [1.165, 1.54) is 19.2 Å². The van der Waals surface area contributed by atoms with Gasteiger partial charge in [0.1, 0.15) is 5.75 Å². The summed E-state index contributed by atoms with van der Waals surface area (Å²) < 4.78 is 5.35. The maximum Gasteiger partial charge on any atom is 0.274 e. The van der Waals surface area contributed by atoms with Crippen molar-refractivity contribution >= 4 is 28.9 Å². The lowest BCUT2D eigenvalue weighted by Gasteiger charge is -2.20. The Hall–Kier alpha value is -3.42. The number of methoxy groups -OCH3 is 1. The van der Waals surface area contributed by atoms with E-state index in [9.17, 15) is 19.7 Å². The molecule has 1 N–H and O–H groups in total. The van der Waals surface area contributed by atoms with Gasteiger partial charge < -0.3 is 15.0 Å². The zero-order valence-corrected chi connectivity index (χ0v) is 15.9. The van der Waals surface area contributed by atoms with Crippen LogP contribution in [0, 0.1) is 29.9 Å². The number of hydrogen-bond acceptors (Lipinski definition) is 5. The van der Waals surface area contributed by atoms with Gasteiger partial charge in [0, 0.05) is 19.0 Å². The summed E-state index contributed by atoms with van der Waals surface area (Å²) in [4.78, 5) is 37.4. The summed E-state index contributed by atoms with van der Waals surface area (Å²) in [7, 11) is 1.53. The van der Waals surface area contributed by atoms with Gasteiger partial charge in [0.05, 0.1) is 34.9 Å². The van der Waals surface area contributed by atoms with Gasteiger partial charge in [0.2, 0.25) is 11.8 Å². The number of nitrogens with one attached hydrogen (secondary N) is 1. The van der Waals surface area contributed by atoms with E-state index in [0.717, 1.165) is 5.56 Å². The van der Waals surface area contributed by atoms with E-state index in [1.54, 1.807) is 24.0 Å². The minimum atomic E-state index is -0.559. The van der Waals surface area contributed by atoms with Crippen LogP contribution in [0.25, 0.3) is 0 Å². The van der Waals surface area contributed by atoms with Crippen molar-refractivity contribution in [2.45, 2.75) is 20.3 Å². The molecular weight excluding hydrogens is 362 g/mol. The number of benzene rings is 2. The smallest absolute Gasteiger partial charge is 0.274 e. The fourth-order valence-corrected chi connectivity index (χ4v) is 3.32. The molecule has 1 fully saturated rings. The number of amides is 2. The van der Waals surface area contributed by atoms with Crippen LogP contribution in [0.5, 0.6) is 5.75 Å². The molecule has 0 aliphatic carbocycles. The molecule has 1 aliphatic rings. The molecule has 0 spiro atoms. The zero-order valence-electron chi connectivity index (χ0n) is 15.9. The molecule has 1 unspecified atom stereocenters. The van der Waals surface area contributed by atoms with Crippen LogP contribution in [0.2, 0.25) is 0 Å². The van der Waals surface area contributed by atoms with Crippen molar-refractivity contribution < 1.29 is 19.2 Å². The number of anilines is 2. The van der Waals surface area contributed by atoms with E-state index in [1.807, 2.05) is 19.1 Å². The first-order valence-electron chi connectivity index (χ1n) is 8.81. The number of aryl methyl sites for hydroxylation is 1. The van der Waals surface area contributed by atoms with Gasteiger partial charge in [-0.25, -0.2) is 0 Å². The summed E-state index contributed by atoms with van der Waals surface area (Å²) in [6.45, 7) is 3.72. The number of hydrogen-bond donors (Lipinski definition) is 1. The molecule has 2 aromatic rings. The van der Waals surface area contributed by atoms with E-state index < -0.39 is 10.8 Å². The molecule has 2 amide bonds. The third kappa shape index (κ3) is 3.66. The summed E-state index contributed by atoms with van der Waals surface area (Å²) >= 11 is 0. The molecule has 1 aliphatic heterocycles. The highest BCUT2D eigenvalue weighted by Gasteiger charge is 2.36. The van der Waals surface area contributed by atoms with E-state index in [4.69, 9.17) is 4.74 Å². The molecule has 8 nitrogen and oxygen atoms in total. The van der Waals surface area contributed by atoms with Gasteiger partial charge in [0.25, 0.3) is 5.69 Å². The van der Waals surface area contributed by atoms with Crippen LogP contribution < -0.4 is 15.0 Å². The van der Waals surface area contributed by atoms with Gasteiger partial charge in [-0.15, -0.1) is 0 Å². The lowest BCUT2D eigenvalue weighted by Crippen LogP contribution is -2.28. The highest BCUT2D eigenvalue weighted by atomic mass is 16.6. The third-order valence-corrected chi connectivity index (χ3v) is 4.88. The lowest BCUT2D eigenvalue weighted by molar-refractivity contribution is -0.385. The molecule has 2 aromatic carbocycles. The first-order valence-corrected chi connectivity index (χ1v) is 8.81. The number of ether oxygens (including phenoxy) is 1. The molecule has 0 bridgehead atoms. The zero-order chi connectivity index (χ0) is 20.4. The Bertz CT molecular complexity index is 957. The quantitative estimate of drug-likeness (QED) is 0.631.